The Morgan fingerprint density at radius 3 is 1.46 bits per heavy atom. The van der Waals surface area contributed by atoms with E-state index >= 15 is 0 Å². The molecule has 0 spiro atoms. The first-order chi connectivity index (χ1) is 31.3. The Hall–Kier alpha value is -8.40. The van der Waals surface area contributed by atoms with Gasteiger partial charge in [-0.05, 0) is 112 Å². The second-order valence-electron chi connectivity index (χ2n) is 16.2. The first-order valence-corrected chi connectivity index (χ1v) is 21.6. The summed E-state index contributed by atoms with van der Waals surface area (Å²) in [6.45, 7) is 0. The van der Waals surface area contributed by atoms with E-state index in [0.29, 0.717) is 0 Å². The van der Waals surface area contributed by atoms with E-state index in [4.69, 9.17) is 0 Å². The van der Waals surface area contributed by atoms with Gasteiger partial charge in [0.15, 0.2) is 0 Å². The number of fused-ring (bicyclic) bond motifs is 6. The van der Waals surface area contributed by atoms with Crippen molar-refractivity contribution in [2.75, 3.05) is 4.90 Å². The molecular weight excluding hydrogens is 763 g/mol. The van der Waals surface area contributed by atoms with Gasteiger partial charge in [0, 0.05) is 50.0 Å². The van der Waals surface area contributed by atoms with Gasteiger partial charge in [0.1, 0.15) is 0 Å². The molecule has 0 unspecified atom stereocenters. The summed E-state index contributed by atoms with van der Waals surface area (Å²) in [4.78, 5) is 2.40. The maximum absolute atomic E-state index is 2.42. The number of anilines is 3. The lowest BCUT2D eigenvalue weighted by atomic mass is 9.99. The molecule has 2 heterocycles. The van der Waals surface area contributed by atoms with Crippen LogP contribution in [0.2, 0.25) is 0 Å². The van der Waals surface area contributed by atoms with Gasteiger partial charge in [-0.1, -0.05) is 170 Å². The van der Waals surface area contributed by atoms with Crippen LogP contribution in [-0.2, 0) is 0 Å². The summed E-state index contributed by atoms with van der Waals surface area (Å²) in [6, 6.07) is 90.1. The molecule has 3 heteroatoms. The molecule has 3 nitrogen and oxygen atoms in total. The number of hydrogen-bond donors (Lipinski definition) is 0. The molecule has 0 aliphatic rings. The van der Waals surface area contributed by atoms with E-state index in [2.05, 4.69) is 263 Å². The van der Waals surface area contributed by atoms with Crippen LogP contribution < -0.4 is 4.90 Å². The molecule has 296 valence electrons. The van der Waals surface area contributed by atoms with Crippen LogP contribution in [0.4, 0.5) is 17.1 Å². The summed E-state index contributed by atoms with van der Waals surface area (Å²) in [7, 11) is 0. The third-order valence-corrected chi connectivity index (χ3v) is 12.5. The maximum atomic E-state index is 2.42. The quantitative estimate of drug-likeness (QED) is 0.149. The Morgan fingerprint density at radius 1 is 0.254 bits per heavy atom. The molecule has 0 fully saturated rings. The van der Waals surface area contributed by atoms with Gasteiger partial charge in [-0.3, -0.25) is 0 Å². The molecular formula is C60H41N3. The second kappa shape index (κ2) is 15.3. The highest BCUT2D eigenvalue weighted by Gasteiger charge is 2.21. The monoisotopic (exact) mass is 803 g/mol. The van der Waals surface area contributed by atoms with Crippen molar-refractivity contribution in [1.82, 2.24) is 9.13 Å². The van der Waals surface area contributed by atoms with Crippen molar-refractivity contribution in [1.29, 1.82) is 0 Å². The van der Waals surface area contributed by atoms with Crippen LogP contribution in [0, 0.1) is 0 Å². The molecule has 0 N–H and O–H groups in total. The van der Waals surface area contributed by atoms with Crippen molar-refractivity contribution in [3.05, 3.63) is 249 Å². The van der Waals surface area contributed by atoms with Crippen molar-refractivity contribution in [2.24, 2.45) is 0 Å². The Labute approximate surface area is 366 Å². The van der Waals surface area contributed by atoms with Gasteiger partial charge >= 0.3 is 0 Å². The minimum atomic E-state index is 1.08. The number of nitrogens with zero attached hydrogens (tertiary/aromatic N) is 3. The summed E-state index contributed by atoms with van der Waals surface area (Å²) in [5.41, 5.74) is 17.4. The lowest BCUT2D eigenvalue weighted by Crippen LogP contribution is -2.10. The highest BCUT2D eigenvalue weighted by Crippen LogP contribution is 2.44. The van der Waals surface area contributed by atoms with Crippen molar-refractivity contribution < 1.29 is 0 Å². The SMILES string of the molecule is c1ccc(-c2cccc(N(c3ccc(-c4ccc5c6ccccc6n(-c6ccccc6)c5c4)cc3)c3ccc4c5c(-c6ccccc6)cccc5n(-c5ccccc5)c4c3)c2)cc1. The average Bonchev–Trinajstić information content (AvgIpc) is 3.88. The zero-order chi connectivity index (χ0) is 41.7. The van der Waals surface area contributed by atoms with Crippen LogP contribution in [0.1, 0.15) is 0 Å². The topological polar surface area (TPSA) is 13.1 Å². The molecule has 12 aromatic rings. The molecule has 0 aliphatic heterocycles. The highest BCUT2D eigenvalue weighted by atomic mass is 15.1. The van der Waals surface area contributed by atoms with E-state index in [1.54, 1.807) is 0 Å². The number of para-hydroxylation sites is 3. The molecule has 0 aliphatic carbocycles. The molecule has 0 saturated carbocycles. The van der Waals surface area contributed by atoms with Crippen molar-refractivity contribution in [2.45, 2.75) is 0 Å². The summed E-state index contributed by atoms with van der Waals surface area (Å²) in [5, 5.41) is 4.97. The van der Waals surface area contributed by atoms with E-state index in [1.165, 1.54) is 65.9 Å². The van der Waals surface area contributed by atoms with E-state index in [-0.39, 0.29) is 0 Å². The Bertz CT molecular complexity index is 3590. The summed E-state index contributed by atoms with van der Waals surface area (Å²) in [6.07, 6.45) is 0. The summed E-state index contributed by atoms with van der Waals surface area (Å²) in [5.74, 6) is 0. The van der Waals surface area contributed by atoms with Crippen LogP contribution >= 0.6 is 0 Å². The van der Waals surface area contributed by atoms with Crippen LogP contribution in [0.5, 0.6) is 0 Å². The lowest BCUT2D eigenvalue weighted by Gasteiger charge is -2.26. The highest BCUT2D eigenvalue weighted by molar-refractivity contribution is 6.16. The zero-order valence-corrected chi connectivity index (χ0v) is 34.5. The minimum absolute atomic E-state index is 1.08. The lowest BCUT2D eigenvalue weighted by molar-refractivity contribution is 1.18. The van der Waals surface area contributed by atoms with Gasteiger partial charge in [-0.15, -0.1) is 0 Å². The van der Waals surface area contributed by atoms with Crippen LogP contribution in [0.15, 0.2) is 249 Å². The van der Waals surface area contributed by atoms with Gasteiger partial charge in [-0.2, -0.15) is 0 Å². The number of benzene rings is 10. The van der Waals surface area contributed by atoms with Gasteiger partial charge in [0.2, 0.25) is 0 Å². The molecule has 0 radical (unpaired) electrons. The second-order valence-corrected chi connectivity index (χ2v) is 16.2. The zero-order valence-electron chi connectivity index (χ0n) is 34.5. The predicted octanol–water partition coefficient (Wildman–Crippen LogP) is 16.4. The third kappa shape index (κ3) is 6.29. The molecule has 0 bridgehead atoms. The van der Waals surface area contributed by atoms with E-state index in [1.807, 2.05) is 0 Å². The normalized spacial score (nSPS) is 11.5. The average molecular weight is 804 g/mol. The first kappa shape index (κ1) is 36.5. The van der Waals surface area contributed by atoms with E-state index in [0.717, 1.165) is 39.5 Å². The fourth-order valence-corrected chi connectivity index (χ4v) is 9.62. The van der Waals surface area contributed by atoms with Crippen LogP contribution in [-0.4, -0.2) is 9.13 Å². The van der Waals surface area contributed by atoms with Gasteiger partial charge in [0.05, 0.1) is 22.1 Å². The van der Waals surface area contributed by atoms with Crippen LogP contribution in [0.3, 0.4) is 0 Å². The summed E-state index contributed by atoms with van der Waals surface area (Å²) < 4.78 is 4.81. The summed E-state index contributed by atoms with van der Waals surface area (Å²) >= 11 is 0. The molecule has 12 rings (SSSR count). The van der Waals surface area contributed by atoms with Crippen molar-refractivity contribution in [3.63, 3.8) is 0 Å². The molecule has 0 saturated heterocycles. The molecule has 2 aromatic heterocycles. The number of rotatable bonds is 8. The third-order valence-electron chi connectivity index (χ3n) is 12.5. The van der Waals surface area contributed by atoms with Crippen molar-refractivity contribution >= 4 is 60.7 Å². The smallest absolute Gasteiger partial charge is 0.0562 e. The molecule has 0 atom stereocenters. The molecule has 63 heavy (non-hydrogen) atoms. The number of hydrogen-bond acceptors (Lipinski definition) is 1. The van der Waals surface area contributed by atoms with Gasteiger partial charge in [0.25, 0.3) is 0 Å². The minimum Gasteiger partial charge on any atom is -0.310 e. The van der Waals surface area contributed by atoms with Gasteiger partial charge in [-0.25, -0.2) is 0 Å². The largest absolute Gasteiger partial charge is 0.310 e. The Morgan fingerprint density at radius 2 is 0.730 bits per heavy atom. The Kier molecular flexibility index (Phi) is 8.83. The molecule has 0 amide bonds. The van der Waals surface area contributed by atoms with Gasteiger partial charge < -0.3 is 14.0 Å². The molecule has 10 aromatic carbocycles. The number of aromatic nitrogens is 2. The fraction of sp³-hybridized carbons (Fsp3) is 0. The van der Waals surface area contributed by atoms with Crippen LogP contribution in [0.25, 0.3) is 88.4 Å². The Balaban J connectivity index is 1.03. The fourth-order valence-electron chi connectivity index (χ4n) is 9.62. The van der Waals surface area contributed by atoms with E-state index < -0.39 is 0 Å². The van der Waals surface area contributed by atoms with E-state index in [9.17, 15) is 0 Å². The first-order valence-electron chi connectivity index (χ1n) is 21.6. The van der Waals surface area contributed by atoms with Crippen molar-refractivity contribution in [3.8, 4) is 44.8 Å². The maximum Gasteiger partial charge on any atom is 0.0562 e. The predicted molar refractivity (Wildman–Crippen MR) is 266 cm³/mol. The standard InChI is InChI=1S/C60H41N3/c1-5-17-42(18-6-1)45-21-15-26-50(39-45)61(49-34-31-43(32-35-49)46-33-37-54-53-27-13-14-29-56(53)62(58(54)40-46)47-22-9-3-10-23-47)51-36-38-55-59(41-51)63(48-24-11-4-12-25-48)57-30-16-28-52(60(55)57)44-19-7-2-8-20-44/h1-41H.